The van der Waals surface area contributed by atoms with Gasteiger partial charge in [-0.15, -0.1) is 0 Å². The Hall–Kier alpha value is -1.33. The standard InChI is InChI=1S/C13H16ClN3O3S/c14-12-1-2-13(11(9-12)10-15)16-3-8-21(18,19)17-4-6-20-7-5-17/h1-2,9,16H,3-8H2. The summed E-state index contributed by atoms with van der Waals surface area (Å²) >= 11 is 5.81. The molecule has 1 aromatic rings. The Morgan fingerprint density at radius 3 is 2.76 bits per heavy atom. The summed E-state index contributed by atoms with van der Waals surface area (Å²) in [5.74, 6) is -0.0273. The Bertz CT molecular complexity index is 637. The van der Waals surface area contributed by atoms with Gasteiger partial charge in [0.05, 0.1) is 30.2 Å². The molecule has 0 saturated carbocycles. The Kier molecular flexibility index (Phi) is 5.42. The van der Waals surface area contributed by atoms with Gasteiger partial charge in [0.25, 0.3) is 0 Å². The van der Waals surface area contributed by atoms with E-state index in [0.29, 0.717) is 42.6 Å². The van der Waals surface area contributed by atoms with Gasteiger partial charge in [-0.25, -0.2) is 8.42 Å². The quantitative estimate of drug-likeness (QED) is 0.880. The topological polar surface area (TPSA) is 82.4 Å². The molecule has 0 aliphatic carbocycles. The molecule has 1 saturated heterocycles. The maximum absolute atomic E-state index is 12.1. The fourth-order valence-electron chi connectivity index (χ4n) is 2.03. The highest BCUT2D eigenvalue weighted by Gasteiger charge is 2.23. The average molecular weight is 330 g/mol. The zero-order valence-corrected chi connectivity index (χ0v) is 13.0. The van der Waals surface area contributed by atoms with Crippen LogP contribution in [0.5, 0.6) is 0 Å². The van der Waals surface area contributed by atoms with Crippen LogP contribution in [-0.4, -0.2) is 51.3 Å². The molecule has 6 nitrogen and oxygen atoms in total. The summed E-state index contributed by atoms with van der Waals surface area (Å²) in [6.07, 6.45) is 0. The SMILES string of the molecule is N#Cc1cc(Cl)ccc1NCCS(=O)(=O)N1CCOCC1. The first-order chi connectivity index (χ1) is 10.0. The van der Waals surface area contributed by atoms with Gasteiger partial charge in [0.1, 0.15) is 6.07 Å². The summed E-state index contributed by atoms with van der Waals surface area (Å²) in [7, 11) is -3.30. The molecule has 0 radical (unpaired) electrons. The molecule has 0 spiro atoms. The van der Waals surface area contributed by atoms with Crippen molar-refractivity contribution in [2.75, 3.05) is 43.9 Å². The minimum absolute atomic E-state index is 0.0273. The number of hydrogen-bond acceptors (Lipinski definition) is 5. The van der Waals surface area contributed by atoms with E-state index in [0.717, 1.165) is 0 Å². The highest BCUT2D eigenvalue weighted by atomic mass is 35.5. The first-order valence-electron chi connectivity index (χ1n) is 6.52. The molecule has 1 aromatic carbocycles. The Morgan fingerprint density at radius 2 is 2.10 bits per heavy atom. The Balaban J connectivity index is 1.93. The third-order valence-electron chi connectivity index (χ3n) is 3.14. The van der Waals surface area contributed by atoms with E-state index in [4.69, 9.17) is 21.6 Å². The number of nitriles is 1. The van der Waals surface area contributed by atoms with E-state index >= 15 is 0 Å². The van der Waals surface area contributed by atoms with E-state index < -0.39 is 10.0 Å². The van der Waals surface area contributed by atoms with Gasteiger partial charge in [0, 0.05) is 24.7 Å². The number of anilines is 1. The van der Waals surface area contributed by atoms with Crippen molar-refractivity contribution in [3.63, 3.8) is 0 Å². The Morgan fingerprint density at radius 1 is 1.38 bits per heavy atom. The summed E-state index contributed by atoms with van der Waals surface area (Å²) < 4.78 is 30.8. The van der Waals surface area contributed by atoms with Crippen molar-refractivity contribution in [1.82, 2.24) is 4.31 Å². The number of sulfonamides is 1. The lowest BCUT2D eigenvalue weighted by atomic mass is 10.2. The van der Waals surface area contributed by atoms with E-state index in [1.54, 1.807) is 18.2 Å². The molecule has 2 rings (SSSR count). The van der Waals surface area contributed by atoms with Gasteiger partial charge >= 0.3 is 0 Å². The minimum atomic E-state index is -3.30. The smallest absolute Gasteiger partial charge is 0.215 e. The van der Waals surface area contributed by atoms with Crippen molar-refractivity contribution >= 4 is 27.3 Å². The zero-order chi connectivity index (χ0) is 15.3. The maximum Gasteiger partial charge on any atom is 0.215 e. The molecule has 1 fully saturated rings. The largest absolute Gasteiger partial charge is 0.383 e. The molecule has 1 aliphatic heterocycles. The van der Waals surface area contributed by atoms with E-state index in [2.05, 4.69) is 5.32 Å². The van der Waals surface area contributed by atoms with Crippen LogP contribution in [0.15, 0.2) is 18.2 Å². The highest BCUT2D eigenvalue weighted by Crippen LogP contribution is 2.19. The van der Waals surface area contributed by atoms with Crippen LogP contribution >= 0.6 is 11.6 Å². The molecule has 0 aromatic heterocycles. The van der Waals surface area contributed by atoms with Gasteiger partial charge in [-0.1, -0.05) is 11.6 Å². The van der Waals surface area contributed by atoms with Crippen molar-refractivity contribution in [3.8, 4) is 6.07 Å². The van der Waals surface area contributed by atoms with Crippen molar-refractivity contribution in [2.45, 2.75) is 0 Å². The van der Waals surface area contributed by atoms with Gasteiger partial charge in [0.15, 0.2) is 0 Å². The lowest BCUT2D eigenvalue weighted by molar-refractivity contribution is 0.0731. The molecule has 0 amide bonds. The van der Waals surface area contributed by atoms with Crippen molar-refractivity contribution < 1.29 is 13.2 Å². The summed E-state index contributed by atoms with van der Waals surface area (Å²) in [4.78, 5) is 0. The van der Waals surface area contributed by atoms with Crippen LogP contribution in [0.3, 0.4) is 0 Å². The predicted molar refractivity (Wildman–Crippen MR) is 80.8 cm³/mol. The summed E-state index contributed by atoms with van der Waals surface area (Å²) in [5, 5.41) is 12.5. The molecule has 114 valence electrons. The fraction of sp³-hybridized carbons (Fsp3) is 0.462. The lowest BCUT2D eigenvalue weighted by Crippen LogP contribution is -2.42. The van der Waals surface area contributed by atoms with Crippen LogP contribution in [0.4, 0.5) is 5.69 Å². The number of benzene rings is 1. The van der Waals surface area contributed by atoms with E-state index in [9.17, 15) is 8.42 Å². The van der Waals surface area contributed by atoms with Crippen LogP contribution in [0.1, 0.15) is 5.56 Å². The molecular formula is C13H16ClN3O3S. The molecule has 1 heterocycles. The molecule has 0 unspecified atom stereocenters. The average Bonchev–Trinajstić information content (AvgIpc) is 2.49. The first kappa shape index (κ1) is 16.0. The second kappa shape index (κ2) is 7.09. The van der Waals surface area contributed by atoms with Gasteiger partial charge in [0.2, 0.25) is 10.0 Å². The molecular weight excluding hydrogens is 314 g/mol. The minimum Gasteiger partial charge on any atom is -0.383 e. The van der Waals surface area contributed by atoms with Gasteiger partial charge in [-0.2, -0.15) is 9.57 Å². The second-order valence-corrected chi connectivity index (χ2v) is 7.08. The van der Waals surface area contributed by atoms with Crippen molar-refractivity contribution in [3.05, 3.63) is 28.8 Å². The summed E-state index contributed by atoms with van der Waals surface area (Å²) in [5.41, 5.74) is 0.977. The number of nitrogens with one attached hydrogen (secondary N) is 1. The van der Waals surface area contributed by atoms with Crippen LogP contribution in [0.2, 0.25) is 5.02 Å². The van der Waals surface area contributed by atoms with Crippen LogP contribution < -0.4 is 5.32 Å². The van der Waals surface area contributed by atoms with Crippen LogP contribution in [0.25, 0.3) is 0 Å². The number of rotatable bonds is 5. The number of hydrogen-bond donors (Lipinski definition) is 1. The van der Waals surface area contributed by atoms with E-state index in [1.165, 1.54) is 4.31 Å². The monoisotopic (exact) mass is 329 g/mol. The molecule has 1 N–H and O–H groups in total. The first-order valence-corrected chi connectivity index (χ1v) is 8.51. The number of halogens is 1. The van der Waals surface area contributed by atoms with Crippen molar-refractivity contribution in [1.29, 1.82) is 5.26 Å². The molecule has 0 atom stereocenters. The van der Waals surface area contributed by atoms with Crippen LogP contribution in [-0.2, 0) is 14.8 Å². The fourth-order valence-corrected chi connectivity index (χ4v) is 3.53. The normalized spacial score (nSPS) is 16.4. The third kappa shape index (κ3) is 4.32. The molecule has 1 aliphatic rings. The third-order valence-corrected chi connectivity index (χ3v) is 5.25. The number of morpholine rings is 1. The van der Waals surface area contributed by atoms with Gasteiger partial charge < -0.3 is 10.1 Å². The van der Waals surface area contributed by atoms with Crippen LogP contribution in [0, 0.1) is 11.3 Å². The number of ether oxygens (including phenoxy) is 1. The van der Waals surface area contributed by atoms with Crippen molar-refractivity contribution in [2.24, 2.45) is 0 Å². The molecule has 8 heteroatoms. The van der Waals surface area contributed by atoms with E-state index in [1.807, 2.05) is 6.07 Å². The Labute approximate surface area is 129 Å². The second-order valence-electron chi connectivity index (χ2n) is 4.56. The van der Waals surface area contributed by atoms with E-state index in [-0.39, 0.29) is 12.3 Å². The maximum atomic E-state index is 12.1. The summed E-state index contributed by atoms with van der Waals surface area (Å²) in [6, 6.07) is 6.89. The number of nitrogens with zero attached hydrogens (tertiary/aromatic N) is 2. The lowest BCUT2D eigenvalue weighted by Gasteiger charge is -2.26. The molecule has 0 bridgehead atoms. The molecule has 21 heavy (non-hydrogen) atoms. The summed E-state index contributed by atoms with van der Waals surface area (Å²) in [6.45, 7) is 1.89. The van der Waals surface area contributed by atoms with Gasteiger partial charge in [-0.3, -0.25) is 0 Å². The highest BCUT2D eigenvalue weighted by molar-refractivity contribution is 7.89. The zero-order valence-electron chi connectivity index (χ0n) is 11.4. The van der Waals surface area contributed by atoms with Gasteiger partial charge in [-0.05, 0) is 18.2 Å². The predicted octanol–water partition coefficient (Wildman–Crippen LogP) is 1.29.